The van der Waals surface area contributed by atoms with Gasteiger partial charge in [-0.25, -0.2) is 0 Å². The minimum Gasteiger partial charge on any atom is -0.469 e. The van der Waals surface area contributed by atoms with E-state index >= 15 is 0 Å². The number of likely N-dealkylation sites (tertiary alicyclic amines) is 1. The summed E-state index contributed by atoms with van der Waals surface area (Å²) in [5.74, 6) is -1.53. The van der Waals surface area contributed by atoms with Gasteiger partial charge in [-0.05, 0) is 59.5 Å². The first-order valence-electron chi connectivity index (χ1n) is 12.8. The van der Waals surface area contributed by atoms with Crippen molar-refractivity contribution in [1.82, 2.24) is 15.5 Å². The van der Waals surface area contributed by atoms with Crippen LogP contribution >= 0.6 is 34.5 Å². The maximum absolute atomic E-state index is 13.0. The Balaban J connectivity index is 1.30. The van der Waals surface area contributed by atoms with Crippen LogP contribution in [0.1, 0.15) is 35.2 Å². The molecule has 0 bridgehead atoms. The maximum Gasteiger partial charge on any atom is 0.307 e. The average Bonchev–Trinajstić information content (AvgIpc) is 3.46. The lowest BCUT2D eigenvalue weighted by atomic mass is 9.95. The van der Waals surface area contributed by atoms with E-state index in [2.05, 4.69) is 10.6 Å². The van der Waals surface area contributed by atoms with Crippen LogP contribution in [0.5, 0.6) is 0 Å². The molecule has 0 unspecified atom stereocenters. The van der Waals surface area contributed by atoms with Gasteiger partial charge in [-0.15, -0.1) is 11.3 Å². The third-order valence-corrected chi connectivity index (χ3v) is 8.71. The minimum atomic E-state index is -0.632. The van der Waals surface area contributed by atoms with Crippen LogP contribution in [0.25, 0.3) is 16.2 Å². The summed E-state index contributed by atoms with van der Waals surface area (Å²) >= 11 is 14.3. The molecule has 0 saturated carbocycles. The number of rotatable bonds is 9. The van der Waals surface area contributed by atoms with Gasteiger partial charge in [0, 0.05) is 37.2 Å². The van der Waals surface area contributed by atoms with Crippen LogP contribution in [0.4, 0.5) is 0 Å². The first-order valence-corrected chi connectivity index (χ1v) is 14.4. The molecule has 40 heavy (non-hydrogen) atoms. The van der Waals surface area contributed by atoms with E-state index in [4.69, 9.17) is 27.9 Å². The molecule has 2 N–H and O–H groups in total. The Bertz CT molecular complexity index is 1420. The van der Waals surface area contributed by atoms with E-state index in [1.807, 2.05) is 23.6 Å². The SMILES string of the molecule is COC(=O)C[C@H](CNC(=O)c1ccccc1)NC(=O)C1CCN(C(=O)/C=C/c2cc3ccsc3c(Cl)c2Cl)CC1. The number of esters is 1. The number of amides is 3. The molecule has 3 amide bonds. The molecule has 1 aliphatic rings. The fourth-order valence-electron chi connectivity index (χ4n) is 4.50. The van der Waals surface area contributed by atoms with Gasteiger partial charge in [0.05, 0.1) is 34.3 Å². The minimum absolute atomic E-state index is 0.0699. The molecule has 8 nitrogen and oxygen atoms in total. The van der Waals surface area contributed by atoms with Crippen LogP contribution in [0, 0.1) is 5.92 Å². The number of ether oxygens (including phenoxy) is 1. The molecule has 2 aromatic carbocycles. The summed E-state index contributed by atoms with van der Waals surface area (Å²) in [5.41, 5.74) is 1.14. The second-order valence-electron chi connectivity index (χ2n) is 9.43. The number of nitrogens with zero attached hydrogens (tertiary/aromatic N) is 1. The predicted octanol–water partition coefficient (Wildman–Crippen LogP) is 4.94. The number of benzene rings is 2. The Kier molecular flexibility index (Phi) is 10.2. The van der Waals surface area contributed by atoms with Crippen LogP contribution in [0.3, 0.4) is 0 Å². The van der Waals surface area contributed by atoms with Gasteiger partial charge < -0.3 is 20.3 Å². The zero-order valence-corrected chi connectivity index (χ0v) is 24.2. The van der Waals surface area contributed by atoms with E-state index in [9.17, 15) is 19.2 Å². The van der Waals surface area contributed by atoms with Gasteiger partial charge in [0.2, 0.25) is 11.8 Å². The normalized spacial score (nSPS) is 14.7. The molecule has 4 rings (SSSR count). The van der Waals surface area contributed by atoms with E-state index in [1.165, 1.54) is 24.5 Å². The lowest BCUT2D eigenvalue weighted by Gasteiger charge is -2.31. The van der Waals surface area contributed by atoms with Gasteiger partial charge >= 0.3 is 5.97 Å². The highest BCUT2D eigenvalue weighted by Gasteiger charge is 2.29. The molecule has 3 aromatic rings. The molecule has 1 atom stereocenters. The van der Waals surface area contributed by atoms with Crippen molar-refractivity contribution >= 4 is 74.4 Å². The molecular formula is C29H29Cl2N3O5S. The molecule has 1 aromatic heterocycles. The molecule has 0 aliphatic carbocycles. The summed E-state index contributed by atoms with van der Waals surface area (Å²) in [5, 5.41) is 9.41. The summed E-state index contributed by atoms with van der Waals surface area (Å²) in [6.07, 6.45) is 4.00. The van der Waals surface area contributed by atoms with Gasteiger partial charge in [-0.2, -0.15) is 0 Å². The number of piperidine rings is 1. The smallest absolute Gasteiger partial charge is 0.307 e. The first-order chi connectivity index (χ1) is 19.3. The molecule has 11 heteroatoms. The first kappa shape index (κ1) is 29.6. The van der Waals surface area contributed by atoms with Crippen molar-refractivity contribution in [3.8, 4) is 0 Å². The highest BCUT2D eigenvalue weighted by atomic mass is 35.5. The molecule has 1 saturated heterocycles. The maximum atomic E-state index is 13.0. The van der Waals surface area contributed by atoms with Gasteiger partial charge in [0.25, 0.3) is 5.91 Å². The highest BCUT2D eigenvalue weighted by molar-refractivity contribution is 7.18. The molecule has 2 heterocycles. The van der Waals surface area contributed by atoms with Crippen molar-refractivity contribution in [2.24, 2.45) is 5.92 Å². The quantitative estimate of drug-likeness (QED) is 0.267. The monoisotopic (exact) mass is 601 g/mol. The van der Waals surface area contributed by atoms with E-state index in [1.54, 1.807) is 35.2 Å². The van der Waals surface area contributed by atoms with Gasteiger partial charge in [-0.3, -0.25) is 19.2 Å². The average molecular weight is 603 g/mol. The third kappa shape index (κ3) is 7.41. The number of carbonyl (C=O) groups excluding carboxylic acids is 4. The molecule has 1 fully saturated rings. The van der Waals surface area contributed by atoms with Crippen molar-refractivity contribution < 1.29 is 23.9 Å². The predicted molar refractivity (Wildman–Crippen MR) is 158 cm³/mol. The number of hydrogen-bond acceptors (Lipinski definition) is 6. The Hall–Kier alpha value is -3.40. The van der Waals surface area contributed by atoms with E-state index in [-0.39, 0.29) is 36.6 Å². The molecule has 0 spiro atoms. The molecule has 210 valence electrons. The number of methoxy groups -OCH3 is 1. The topological polar surface area (TPSA) is 105 Å². The number of carbonyl (C=O) groups is 4. The zero-order chi connectivity index (χ0) is 28.6. The number of halogens is 2. The summed E-state index contributed by atoms with van der Waals surface area (Å²) < 4.78 is 5.66. The summed E-state index contributed by atoms with van der Waals surface area (Å²) in [7, 11) is 1.27. The van der Waals surface area contributed by atoms with Crippen molar-refractivity contribution in [3.63, 3.8) is 0 Å². The fourth-order valence-corrected chi connectivity index (χ4v) is 5.94. The van der Waals surface area contributed by atoms with E-state index in [0.29, 0.717) is 47.1 Å². The second kappa shape index (κ2) is 13.8. The van der Waals surface area contributed by atoms with Crippen LogP contribution in [0.2, 0.25) is 10.0 Å². The van der Waals surface area contributed by atoms with Crippen LogP contribution in [0.15, 0.2) is 53.9 Å². The molecule has 1 aliphatic heterocycles. The lowest BCUT2D eigenvalue weighted by Crippen LogP contribution is -2.49. The number of fused-ring (bicyclic) bond motifs is 1. The number of hydrogen-bond donors (Lipinski definition) is 2. The lowest BCUT2D eigenvalue weighted by molar-refractivity contribution is -0.141. The second-order valence-corrected chi connectivity index (χ2v) is 11.1. The zero-order valence-electron chi connectivity index (χ0n) is 21.8. The standard InChI is InChI=1S/C29H29Cl2N3O5S/c1-39-24(36)16-22(17-32-28(37)18-5-3-2-4-6-18)33-29(38)19-9-12-34(13-10-19)23(35)8-7-20-15-21-11-14-40-27(21)26(31)25(20)30/h2-8,11,14-15,19,22H,9-10,12-13,16-17H2,1H3,(H,32,37)(H,33,38)/b8-7+/t22-/m1/s1. The summed E-state index contributed by atoms with van der Waals surface area (Å²) in [6, 6.07) is 11.9. The highest BCUT2D eigenvalue weighted by Crippen LogP contribution is 2.37. The summed E-state index contributed by atoms with van der Waals surface area (Å²) in [4.78, 5) is 51.9. The fraction of sp³-hybridized carbons (Fsp3) is 0.310. The number of nitrogens with one attached hydrogen (secondary N) is 2. The van der Waals surface area contributed by atoms with Crippen molar-refractivity contribution in [1.29, 1.82) is 0 Å². The third-order valence-electron chi connectivity index (χ3n) is 6.77. The van der Waals surface area contributed by atoms with E-state index < -0.39 is 12.0 Å². The van der Waals surface area contributed by atoms with Gasteiger partial charge in [-0.1, -0.05) is 41.4 Å². The van der Waals surface area contributed by atoms with E-state index in [0.717, 1.165) is 10.1 Å². The van der Waals surface area contributed by atoms with Gasteiger partial charge in [0.15, 0.2) is 0 Å². The largest absolute Gasteiger partial charge is 0.469 e. The van der Waals surface area contributed by atoms with Crippen LogP contribution in [-0.2, 0) is 19.1 Å². The van der Waals surface area contributed by atoms with Crippen molar-refractivity contribution in [2.75, 3.05) is 26.7 Å². The van der Waals surface area contributed by atoms with Crippen LogP contribution < -0.4 is 10.6 Å². The Morgan fingerprint density at radius 3 is 2.52 bits per heavy atom. The summed E-state index contributed by atoms with van der Waals surface area (Å²) in [6.45, 7) is 0.887. The molecular weight excluding hydrogens is 573 g/mol. The van der Waals surface area contributed by atoms with Gasteiger partial charge in [0.1, 0.15) is 0 Å². The van der Waals surface area contributed by atoms with Crippen molar-refractivity contribution in [3.05, 3.63) is 75.1 Å². The number of thiophene rings is 1. The molecule has 0 radical (unpaired) electrons. The Labute approximate surface area is 246 Å². The van der Waals surface area contributed by atoms with Crippen LogP contribution in [-0.4, -0.2) is 61.4 Å². The Morgan fingerprint density at radius 1 is 1.10 bits per heavy atom. The Morgan fingerprint density at radius 2 is 1.82 bits per heavy atom. The van der Waals surface area contributed by atoms with Crippen molar-refractivity contribution in [2.45, 2.75) is 25.3 Å².